The highest BCUT2D eigenvalue weighted by atomic mass is 16.7. The smallest absolute Gasteiger partial charge is 0.231 e. The second kappa shape index (κ2) is 4.57. The molecule has 0 bridgehead atoms. The topological polar surface area (TPSA) is 47.6 Å². The molecule has 2 rings (SSSR count). The summed E-state index contributed by atoms with van der Waals surface area (Å²) in [4.78, 5) is 12.0. The van der Waals surface area contributed by atoms with Crippen LogP contribution in [0.5, 0.6) is 11.5 Å². The molecular formula is C11H14BNO3. The van der Waals surface area contributed by atoms with Crippen molar-refractivity contribution in [1.29, 1.82) is 0 Å². The molecular weight excluding hydrogens is 205 g/mol. The van der Waals surface area contributed by atoms with Gasteiger partial charge in [0, 0.05) is 5.56 Å². The maximum atomic E-state index is 12.0. The van der Waals surface area contributed by atoms with E-state index >= 15 is 0 Å². The van der Waals surface area contributed by atoms with Gasteiger partial charge in [-0.3, -0.25) is 4.79 Å². The third kappa shape index (κ3) is 2.04. The third-order valence-corrected chi connectivity index (χ3v) is 2.56. The van der Waals surface area contributed by atoms with E-state index in [9.17, 15) is 4.79 Å². The summed E-state index contributed by atoms with van der Waals surface area (Å²) < 4.78 is 10.4. The number of rotatable bonds is 4. The summed E-state index contributed by atoms with van der Waals surface area (Å²) in [6, 6.07) is 5.10. The Morgan fingerprint density at radius 1 is 1.50 bits per heavy atom. The van der Waals surface area contributed by atoms with Gasteiger partial charge in [0.1, 0.15) is 7.85 Å². The van der Waals surface area contributed by atoms with E-state index in [0.717, 1.165) is 6.44 Å². The van der Waals surface area contributed by atoms with Gasteiger partial charge in [0.05, 0.1) is 6.04 Å². The zero-order valence-corrected chi connectivity index (χ0v) is 9.45. The Bertz CT molecular complexity index is 408. The molecule has 0 saturated heterocycles. The number of hydrogen-bond donors (Lipinski definition) is 1. The van der Waals surface area contributed by atoms with Crippen molar-refractivity contribution in [3.05, 3.63) is 23.8 Å². The molecule has 1 aromatic rings. The van der Waals surface area contributed by atoms with Crippen molar-refractivity contribution in [2.24, 2.45) is 0 Å². The molecule has 0 radical (unpaired) electrons. The van der Waals surface area contributed by atoms with Gasteiger partial charge in [-0.1, -0.05) is 0 Å². The van der Waals surface area contributed by atoms with E-state index in [1.807, 2.05) is 14.8 Å². The van der Waals surface area contributed by atoms with Crippen LogP contribution in [0.4, 0.5) is 0 Å². The molecule has 1 heterocycles. The van der Waals surface area contributed by atoms with Gasteiger partial charge in [-0.25, -0.2) is 0 Å². The number of nitrogens with one attached hydrogen (secondary N) is 1. The van der Waals surface area contributed by atoms with Gasteiger partial charge < -0.3 is 14.8 Å². The maximum Gasteiger partial charge on any atom is 0.231 e. The molecule has 1 aromatic carbocycles. The molecule has 0 unspecified atom stereocenters. The number of Topliss-reactive ketones (excluding diaryl/α,β-unsaturated/α-hetero) is 1. The quantitative estimate of drug-likeness (QED) is 0.579. The van der Waals surface area contributed by atoms with E-state index in [-0.39, 0.29) is 18.6 Å². The molecule has 0 fully saturated rings. The minimum absolute atomic E-state index is 0.0696. The van der Waals surface area contributed by atoms with E-state index in [2.05, 4.69) is 5.32 Å². The van der Waals surface area contributed by atoms with Gasteiger partial charge in [-0.2, -0.15) is 0 Å². The second-order valence-corrected chi connectivity index (χ2v) is 3.71. The molecule has 0 aliphatic carbocycles. The molecule has 1 N–H and O–H groups in total. The van der Waals surface area contributed by atoms with Crippen molar-refractivity contribution >= 4 is 13.6 Å². The lowest BCUT2D eigenvalue weighted by Gasteiger charge is -2.11. The molecule has 0 saturated carbocycles. The fourth-order valence-corrected chi connectivity index (χ4v) is 1.70. The molecule has 84 valence electrons. The first kappa shape index (κ1) is 11.0. The van der Waals surface area contributed by atoms with Crippen molar-refractivity contribution in [3.63, 3.8) is 0 Å². The van der Waals surface area contributed by atoms with Gasteiger partial charge in [0.15, 0.2) is 17.3 Å². The second-order valence-electron chi connectivity index (χ2n) is 3.71. The Balaban J connectivity index is 2.18. The number of benzene rings is 1. The fourth-order valence-electron chi connectivity index (χ4n) is 1.70. The first-order valence-electron chi connectivity index (χ1n) is 5.39. The first-order valence-corrected chi connectivity index (χ1v) is 5.39. The highest BCUT2D eigenvalue weighted by Crippen LogP contribution is 2.32. The zero-order chi connectivity index (χ0) is 11.5. The summed E-state index contributed by atoms with van der Waals surface area (Å²) in [6.45, 7) is 2.09. The minimum Gasteiger partial charge on any atom is -0.454 e. The first-order chi connectivity index (χ1) is 7.72. The van der Waals surface area contributed by atoms with Crippen LogP contribution in [0.3, 0.4) is 0 Å². The molecule has 1 aliphatic heterocycles. The summed E-state index contributed by atoms with van der Waals surface area (Å²) in [5.41, 5.74) is 0.651. The Morgan fingerprint density at radius 3 is 3.00 bits per heavy atom. The number of ether oxygens (including phenoxy) is 2. The van der Waals surface area contributed by atoms with E-state index in [4.69, 9.17) is 9.47 Å². The van der Waals surface area contributed by atoms with Gasteiger partial charge in [0.2, 0.25) is 6.79 Å². The number of ketones is 1. The van der Waals surface area contributed by atoms with Crippen LogP contribution in [0.25, 0.3) is 0 Å². The van der Waals surface area contributed by atoms with Crippen LogP contribution >= 0.6 is 0 Å². The average Bonchev–Trinajstić information content (AvgIpc) is 2.75. The van der Waals surface area contributed by atoms with Crippen LogP contribution in [0.1, 0.15) is 17.3 Å². The fraction of sp³-hybridized carbons (Fsp3) is 0.364. The lowest BCUT2D eigenvalue weighted by Crippen LogP contribution is -2.34. The predicted molar refractivity (Wildman–Crippen MR) is 62.9 cm³/mol. The number of carbonyl (C=O) groups excluding carboxylic acids is 1. The van der Waals surface area contributed by atoms with E-state index in [0.29, 0.717) is 17.1 Å². The SMILES string of the molecule is BCN[C@H](C)C(=O)c1ccc2c(c1)OCO2. The Morgan fingerprint density at radius 2 is 2.25 bits per heavy atom. The van der Waals surface area contributed by atoms with Crippen molar-refractivity contribution in [2.75, 3.05) is 13.2 Å². The molecule has 5 heteroatoms. The molecule has 0 spiro atoms. The maximum absolute atomic E-state index is 12.0. The third-order valence-electron chi connectivity index (χ3n) is 2.56. The van der Waals surface area contributed by atoms with Crippen LogP contribution in [-0.4, -0.2) is 32.9 Å². The Kier molecular flexibility index (Phi) is 3.15. The van der Waals surface area contributed by atoms with Gasteiger partial charge in [-0.05, 0) is 31.6 Å². The van der Waals surface area contributed by atoms with E-state index in [1.165, 1.54) is 0 Å². The van der Waals surface area contributed by atoms with Crippen molar-refractivity contribution in [1.82, 2.24) is 5.32 Å². The Hall–Kier alpha value is -1.49. The van der Waals surface area contributed by atoms with Crippen molar-refractivity contribution < 1.29 is 14.3 Å². The van der Waals surface area contributed by atoms with Gasteiger partial charge in [-0.15, -0.1) is 0 Å². The highest BCUT2D eigenvalue weighted by Gasteiger charge is 2.19. The predicted octanol–water partition coefficient (Wildman–Crippen LogP) is 0.167. The molecule has 16 heavy (non-hydrogen) atoms. The largest absolute Gasteiger partial charge is 0.454 e. The van der Waals surface area contributed by atoms with Crippen LogP contribution in [0.15, 0.2) is 18.2 Å². The molecule has 0 amide bonds. The van der Waals surface area contributed by atoms with Crippen LogP contribution < -0.4 is 14.8 Å². The normalized spacial score (nSPS) is 14.8. The van der Waals surface area contributed by atoms with Crippen molar-refractivity contribution in [2.45, 2.75) is 13.0 Å². The van der Waals surface area contributed by atoms with Gasteiger partial charge in [0.25, 0.3) is 0 Å². The summed E-state index contributed by atoms with van der Waals surface area (Å²) in [5, 5.41) is 3.09. The Labute approximate surface area is 95.3 Å². The van der Waals surface area contributed by atoms with Crippen LogP contribution in [-0.2, 0) is 0 Å². The highest BCUT2D eigenvalue weighted by molar-refractivity contribution is 6.09. The van der Waals surface area contributed by atoms with E-state index < -0.39 is 0 Å². The number of hydrogen-bond acceptors (Lipinski definition) is 4. The number of carbonyl (C=O) groups is 1. The summed E-state index contributed by atoms with van der Waals surface area (Å²) >= 11 is 0. The average molecular weight is 219 g/mol. The molecule has 1 aliphatic rings. The van der Waals surface area contributed by atoms with E-state index in [1.54, 1.807) is 18.2 Å². The monoisotopic (exact) mass is 219 g/mol. The van der Waals surface area contributed by atoms with Crippen LogP contribution in [0, 0.1) is 0 Å². The minimum atomic E-state index is -0.176. The van der Waals surface area contributed by atoms with Gasteiger partial charge >= 0.3 is 0 Å². The van der Waals surface area contributed by atoms with Crippen molar-refractivity contribution in [3.8, 4) is 11.5 Å². The zero-order valence-electron chi connectivity index (χ0n) is 9.45. The standard InChI is InChI=1S/C11H14BNO3/c1-7(13-5-12)11(14)8-2-3-9-10(4-8)16-6-15-9/h2-4,7,13H,5-6,12H2,1H3/t7-/m1/s1. The summed E-state index contributed by atoms with van der Waals surface area (Å²) in [7, 11) is 1.98. The molecule has 0 aromatic heterocycles. The lowest BCUT2D eigenvalue weighted by molar-refractivity contribution is 0.0953. The summed E-state index contributed by atoms with van der Waals surface area (Å²) in [5.74, 6) is 1.42. The summed E-state index contributed by atoms with van der Waals surface area (Å²) in [6.07, 6.45) is 0.775. The molecule has 4 nitrogen and oxygen atoms in total. The van der Waals surface area contributed by atoms with Crippen LogP contribution in [0.2, 0.25) is 0 Å². The number of fused-ring (bicyclic) bond motifs is 1. The lowest BCUT2D eigenvalue weighted by atomic mass is 10.0. The molecule has 1 atom stereocenters.